The van der Waals surface area contributed by atoms with Crippen LogP contribution in [0, 0.1) is 0 Å². The first-order valence-electron chi connectivity index (χ1n) is 5.58. The first-order valence-corrected chi connectivity index (χ1v) is 5.58. The molecule has 92 valence electrons. The number of carbonyl (C=O) groups excluding carboxylic acids is 1. The second kappa shape index (κ2) is 6.25. The molecule has 1 aliphatic heterocycles. The van der Waals surface area contributed by atoms with E-state index in [9.17, 15) is 4.79 Å². The van der Waals surface area contributed by atoms with Gasteiger partial charge in [0.1, 0.15) is 0 Å². The van der Waals surface area contributed by atoms with Gasteiger partial charge in [-0.15, -0.1) is 0 Å². The zero-order valence-electron chi connectivity index (χ0n) is 9.99. The minimum atomic E-state index is -0.359. The molecular weight excluding hydrogens is 208 g/mol. The van der Waals surface area contributed by atoms with Gasteiger partial charge in [-0.25, -0.2) is 4.79 Å². The number of carbonyl (C=O) groups is 1. The lowest BCUT2D eigenvalue weighted by Crippen LogP contribution is -2.44. The molecule has 0 aliphatic carbocycles. The Morgan fingerprint density at radius 2 is 2.12 bits per heavy atom. The standard InChI is InChI=1S/C11H20N2O3/c1-4-16-9(2)13-7-5-10(6-8-13)12-11(14)15-3/h10H,2,4-8H2,1,3H3,(H,12,14). The van der Waals surface area contributed by atoms with E-state index in [-0.39, 0.29) is 12.1 Å². The summed E-state index contributed by atoms with van der Waals surface area (Å²) in [7, 11) is 1.38. The average molecular weight is 228 g/mol. The van der Waals surface area contributed by atoms with Gasteiger partial charge in [-0.1, -0.05) is 0 Å². The Hall–Kier alpha value is -1.39. The average Bonchev–Trinajstić information content (AvgIpc) is 2.30. The minimum absolute atomic E-state index is 0.193. The number of amides is 1. The van der Waals surface area contributed by atoms with Crippen LogP contribution in [-0.2, 0) is 9.47 Å². The van der Waals surface area contributed by atoms with Gasteiger partial charge in [0.25, 0.3) is 0 Å². The van der Waals surface area contributed by atoms with Crippen LogP contribution in [0.2, 0.25) is 0 Å². The maximum Gasteiger partial charge on any atom is 0.407 e. The molecule has 1 aliphatic rings. The molecule has 0 unspecified atom stereocenters. The van der Waals surface area contributed by atoms with Crippen molar-refractivity contribution in [1.82, 2.24) is 10.2 Å². The van der Waals surface area contributed by atoms with Crippen LogP contribution in [0.25, 0.3) is 0 Å². The summed E-state index contributed by atoms with van der Waals surface area (Å²) in [5.41, 5.74) is 0. The number of hydrogen-bond acceptors (Lipinski definition) is 4. The van der Waals surface area contributed by atoms with E-state index in [0.717, 1.165) is 31.8 Å². The Bertz CT molecular complexity index is 248. The fraction of sp³-hybridized carbons (Fsp3) is 0.727. The van der Waals surface area contributed by atoms with E-state index in [0.29, 0.717) is 6.61 Å². The third-order valence-electron chi connectivity index (χ3n) is 2.67. The second-order valence-corrected chi connectivity index (χ2v) is 3.72. The lowest BCUT2D eigenvalue weighted by Gasteiger charge is -2.33. The monoisotopic (exact) mass is 228 g/mol. The first-order chi connectivity index (χ1) is 7.67. The Morgan fingerprint density at radius 1 is 1.50 bits per heavy atom. The highest BCUT2D eigenvalue weighted by Crippen LogP contribution is 2.15. The second-order valence-electron chi connectivity index (χ2n) is 3.72. The van der Waals surface area contributed by atoms with Crippen molar-refractivity contribution >= 4 is 6.09 Å². The molecule has 1 saturated heterocycles. The molecule has 0 saturated carbocycles. The van der Waals surface area contributed by atoms with Crippen molar-refractivity contribution < 1.29 is 14.3 Å². The van der Waals surface area contributed by atoms with Crippen molar-refractivity contribution in [1.29, 1.82) is 0 Å². The van der Waals surface area contributed by atoms with Crippen LogP contribution in [-0.4, -0.2) is 43.8 Å². The molecule has 0 bridgehead atoms. The van der Waals surface area contributed by atoms with Gasteiger partial charge in [0.05, 0.1) is 13.7 Å². The zero-order valence-corrected chi connectivity index (χ0v) is 9.99. The van der Waals surface area contributed by atoms with Gasteiger partial charge in [0, 0.05) is 19.1 Å². The van der Waals surface area contributed by atoms with Crippen LogP contribution in [0.4, 0.5) is 4.79 Å². The van der Waals surface area contributed by atoms with Gasteiger partial charge in [0.15, 0.2) is 5.88 Å². The van der Waals surface area contributed by atoms with Crippen LogP contribution in [0.5, 0.6) is 0 Å². The number of nitrogens with one attached hydrogen (secondary N) is 1. The summed E-state index contributed by atoms with van der Waals surface area (Å²) >= 11 is 0. The number of likely N-dealkylation sites (tertiary alicyclic amines) is 1. The molecule has 16 heavy (non-hydrogen) atoms. The molecule has 0 aromatic carbocycles. The molecular formula is C11H20N2O3. The number of rotatable bonds is 4. The fourth-order valence-corrected chi connectivity index (χ4v) is 1.76. The lowest BCUT2D eigenvalue weighted by molar-refractivity contribution is 0.0987. The molecule has 1 rings (SSSR count). The Labute approximate surface area is 96.4 Å². The first kappa shape index (κ1) is 12.7. The summed E-state index contributed by atoms with van der Waals surface area (Å²) in [6.07, 6.45) is 1.42. The molecule has 0 aromatic heterocycles. The van der Waals surface area contributed by atoms with Gasteiger partial charge >= 0.3 is 6.09 Å². The lowest BCUT2D eigenvalue weighted by atomic mass is 10.1. The molecule has 1 amide bonds. The Kier molecular flexibility index (Phi) is 4.95. The maximum absolute atomic E-state index is 11.0. The maximum atomic E-state index is 11.0. The summed E-state index contributed by atoms with van der Waals surface area (Å²) in [5, 5.41) is 2.80. The van der Waals surface area contributed by atoms with E-state index in [2.05, 4.69) is 21.5 Å². The molecule has 5 nitrogen and oxygen atoms in total. The summed E-state index contributed by atoms with van der Waals surface area (Å²) in [6, 6.07) is 0.193. The minimum Gasteiger partial charge on any atom is -0.480 e. The van der Waals surface area contributed by atoms with Crippen LogP contribution in [0.1, 0.15) is 19.8 Å². The third kappa shape index (κ3) is 3.64. The fourth-order valence-electron chi connectivity index (χ4n) is 1.76. The number of alkyl carbamates (subject to hydrolysis) is 1. The largest absolute Gasteiger partial charge is 0.480 e. The van der Waals surface area contributed by atoms with E-state index in [1.54, 1.807) is 0 Å². The van der Waals surface area contributed by atoms with Gasteiger partial charge in [-0.3, -0.25) is 0 Å². The summed E-state index contributed by atoms with van der Waals surface area (Å²) in [4.78, 5) is 13.1. The normalized spacial score (nSPS) is 16.8. The SMILES string of the molecule is C=C(OCC)N1CCC(NC(=O)OC)CC1. The van der Waals surface area contributed by atoms with Crippen LogP contribution < -0.4 is 5.32 Å². The zero-order chi connectivity index (χ0) is 12.0. The van der Waals surface area contributed by atoms with Crippen molar-refractivity contribution in [3.63, 3.8) is 0 Å². The van der Waals surface area contributed by atoms with Crippen molar-refractivity contribution in [2.75, 3.05) is 26.8 Å². The molecule has 0 aromatic rings. The molecule has 0 spiro atoms. The number of hydrogen-bond donors (Lipinski definition) is 1. The smallest absolute Gasteiger partial charge is 0.407 e. The molecule has 5 heteroatoms. The molecule has 0 radical (unpaired) electrons. The number of ether oxygens (including phenoxy) is 2. The topological polar surface area (TPSA) is 50.8 Å². The quantitative estimate of drug-likeness (QED) is 0.737. The van der Waals surface area contributed by atoms with E-state index in [4.69, 9.17) is 4.74 Å². The number of methoxy groups -OCH3 is 1. The highest BCUT2D eigenvalue weighted by atomic mass is 16.5. The molecule has 1 fully saturated rings. The van der Waals surface area contributed by atoms with E-state index >= 15 is 0 Å². The highest BCUT2D eigenvalue weighted by Gasteiger charge is 2.21. The molecule has 1 heterocycles. The van der Waals surface area contributed by atoms with Crippen LogP contribution >= 0.6 is 0 Å². The van der Waals surface area contributed by atoms with Crippen molar-refractivity contribution in [2.45, 2.75) is 25.8 Å². The van der Waals surface area contributed by atoms with Crippen molar-refractivity contribution in [3.05, 3.63) is 12.5 Å². The number of piperidine rings is 1. The number of nitrogens with zero attached hydrogens (tertiary/aromatic N) is 1. The van der Waals surface area contributed by atoms with Gasteiger partial charge in [-0.05, 0) is 26.3 Å². The highest BCUT2D eigenvalue weighted by molar-refractivity contribution is 5.67. The predicted molar refractivity (Wildman–Crippen MR) is 60.9 cm³/mol. The summed E-state index contributed by atoms with van der Waals surface area (Å²) in [5.74, 6) is 0.721. The van der Waals surface area contributed by atoms with Crippen molar-refractivity contribution in [3.8, 4) is 0 Å². The van der Waals surface area contributed by atoms with Gasteiger partial charge < -0.3 is 19.7 Å². The van der Waals surface area contributed by atoms with E-state index in [1.165, 1.54) is 7.11 Å². The van der Waals surface area contributed by atoms with Gasteiger partial charge in [0.2, 0.25) is 0 Å². The van der Waals surface area contributed by atoms with E-state index in [1.807, 2.05) is 6.92 Å². The summed E-state index contributed by atoms with van der Waals surface area (Å²) in [6.45, 7) is 8.15. The molecule has 0 atom stereocenters. The van der Waals surface area contributed by atoms with Crippen LogP contribution in [0.15, 0.2) is 12.5 Å². The Balaban J connectivity index is 2.28. The van der Waals surface area contributed by atoms with Crippen LogP contribution in [0.3, 0.4) is 0 Å². The van der Waals surface area contributed by atoms with E-state index < -0.39 is 0 Å². The van der Waals surface area contributed by atoms with Crippen molar-refractivity contribution in [2.24, 2.45) is 0 Å². The Morgan fingerprint density at radius 3 is 2.62 bits per heavy atom. The summed E-state index contributed by atoms with van der Waals surface area (Å²) < 4.78 is 9.90. The molecule has 1 N–H and O–H groups in total. The predicted octanol–water partition coefficient (Wildman–Crippen LogP) is 1.31. The van der Waals surface area contributed by atoms with Gasteiger partial charge in [-0.2, -0.15) is 0 Å². The third-order valence-corrected chi connectivity index (χ3v) is 2.67.